The Labute approximate surface area is 153 Å². The predicted octanol–water partition coefficient (Wildman–Crippen LogP) is 3.98. The van der Waals surface area contributed by atoms with Crippen LogP contribution in [0, 0.1) is 0 Å². The van der Waals surface area contributed by atoms with E-state index in [4.69, 9.17) is 17.0 Å². The fourth-order valence-electron chi connectivity index (χ4n) is 3.15. The molecule has 4 nitrogen and oxygen atoms in total. The summed E-state index contributed by atoms with van der Waals surface area (Å²) in [6.07, 6.45) is 1.67. The SMILES string of the molecule is CCCC1=C(C(=O)OCC)[C@@H](c2ccc3ccccc3c2)NC(=S)N1. The second-order valence-electron chi connectivity index (χ2n) is 6.00. The van der Waals surface area contributed by atoms with Crippen LogP contribution < -0.4 is 10.6 Å². The summed E-state index contributed by atoms with van der Waals surface area (Å²) in [7, 11) is 0. The maximum atomic E-state index is 12.6. The molecule has 3 rings (SSSR count). The number of rotatable bonds is 5. The van der Waals surface area contributed by atoms with E-state index in [0.29, 0.717) is 17.3 Å². The number of carbonyl (C=O) groups is 1. The molecule has 1 aliphatic rings. The number of allylic oxidation sites excluding steroid dienone is 1. The van der Waals surface area contributed by atoms with Crippen molar-refractivity contribution in [1.29, 1.82) is 0 Å². The number of ether oxygens (including phenoxy) is 1. The van der Waals surface area contributed by atoms with Gasteiger partial charge < -0.3 is 15.4 Å². The first-order chi connectivity index (χ1) is 12.1. The monoisotopic (exact) mass is 354 g/mol. The van der Waals surface area contributed by atoms with Gasteiger partial charge in [-0.25, -0.2) is 4.79 Å². The molecular formula is C20H22N2O2S. The lowest BCUT2D eigenvalue weighted by Gasteiger charge is -2.31. The number of esters is 1. The quantitative estimate of drug-likeness (QED) is 0.628. The van der Waals surface area contributed by atoms with Crippen LogP contribution in [0.1, 0.15) is 38.3 Å². The molecule has 0 radical (unpaired) electrons. The average molecular weight is 354 g/mol. The van der Waals surface area contributed by atoms with Gasteiger partial charge in [0.2, 0.25) is 0 Å². The molecule has 0 aliphatic carbocycles. The zero-order valence-electron chi connectivity index (χ0n) is 14.5. The van der Waals surface area contributed by atoms with E-state index in [-0.39, 0.29) is 12.0 Å². The van der Waals surface area contributed by atoms with Crippen LogP contribution in [-0.2, 0) is 9.53 Å². The molecule has 2 aromatic rings. The number of fused-ring (bicyclic) bond motifs is 1. The van der Waals surface area contributed by atoms with Crippen LogP contribution in [0.2, 0.25) is 0 Å². The van der Waals surface area contributed by atoms with E-state index in [0.717, 1.165) is 29.5 Å². The maximum Gasteiger partial charge on any atom is 0.338 e. The van der Waals surface area contributed by atoms with Crippen LogP contribution in [0.3, 0.4) is 0 Å². The Morgan fingerprint density at radius 2 is 1.92 bits per heavy atom. The average Bonchev–Trinajstić information content (AvgIpc) is 2.61. The Hall–Kier alpha value is -2.40. The standard InChI is InChI=1S/C20H22N2O2S/c1-3-7-16-17(19(23)24-4-2)18(22-20(25)21-16)15-11-10-13-8-5-6-9-14(13)12-15/h5-6,8-12,18H,3-4,7H2,1-2H3,(H2,21,22,25)/t18-/m1/s1. The summed E-state index contributed by atoms with van der Waals surface area (Å²) in [5.41, 5.74) is 2.47. The number of thiocarbonyl (C=S) groups is 1. The molecule has 130 valence electrons. The third-order valence-electron chi connectivity index (χ3n) is 4.26. The van der Waals surface area contributed by atoms with Gasteiger partial charge in [-0.05, 0) is 48.0 Å². The van der Waals surface area contributed by atoms with Crippen LogP contribution in [0.5, 0.6) is 0 Å². The van der Waals surface area contributed by atoms with Crippen LogP contribution in [0.25, 0.3) is 10.8 Å². The van der Waals surface area contributed by atoms with Crippen molar-refractivity contribution in [2.45, 2.75) is 32.7 Å². The summed E-state index contributed by atoms with van der Waals surface area (Å²) in [4.78, 5) is 12.6. The lowest BCUT2D eigenvalue weighted by molar-refractivity contribution is -0.139. The minimum Gasteiger partial charge on any atom is -0.463 e. The number of nitrogens with one attached hydrogen (secondary N) is 2. The number of benzene rings is 2. The Balaban J connectivity index is 2.09. The van der Waals surface area contributed by atoms with E-state index in [1.807, 2.05) is 25.1 Å². The van der Waals surface area contributed by atoms with Gasteiger partial charge in [0.1, 0.15) is 0 Å². The first kappa shape index (κ1) is 17.4. The van der Waals surface area contributed by atoms with Crippen LogP contribution in [0.4, 0.5) is 0 Å². The Kier molecular flexibility index (Phi) is 5.34. The second kappa shape index (κ2) is 7.66. The van der Waals surface area contributed by atoms with Gasteiger partial charge in [-0.1, -0.05) is 49.7 Å². The summed E-state index contributed by atoms with van der Waals surface area (Å²) in [5.74, 6) is -0.299. The summed E-state index contributed by atoms with van der Waals surface area (Å²) in [5, 5.41) is 9.21. The van der Waals surface area contributed by atoms with Crippen molar-refractivity contribution >= 4 is 34.1 Å². The molecule has 0 saturated heterocycles. The van der Waals surface area contributed by atoms with E-state index < -0.39 is 0 Å². The third kappa shape index (κ3) is 3.66. The molecule has 0 saturated carbocycles. The molecule has 0 spiro atoms. The van der Waals surface area contributed by atoms with E-state index in [9.17, 15) is 4.79 Å². The molecule has 2 N–H and O–H groups in total. The van der Waals surface area contributed by atoms with E-state index in [1.165, 1.54) is 5.39 Å². The fourth-order valence-corrected chi connectivity index (χ4v) is 3.39. The fraction of sp³-hybridized carbons (Fsp3) is 0.300. The largest absolute Gasteiger partial charge is 0.463 e. The predicted molar refractivity (Wildman–Crippen MR) is 104 cm³/mol. The molecule has 1 atom stereocenters. The molecule has 0 fully saturated rings. The van der Waals surface area contributed by atoms with Gasteiger partial charge in [-0.15, -0.1) is 0 Å². The number of hydrogen-bond acceptors (Lipinski definition) is 3. The van der Waals surface area contributed by atoms with Gasteiger partial charge in [0.05, 0.1) is 18.2 Å². The highest BCUT2D eigenvalue weighted by Crippen LogP contribution is 2.31. The van der Waals surface area contributed by atoms with Gasteiger partial charge in [0, 0.05) is 5.70 Å². The van der Waals surface area contributed by atoms with Gasteiger partial charge in [-0.2, -0.15) is 0 Å². The summed E-state index contributed by atoms with van der Waals surface area (Å²) in [6.45, 7) is 4.24. The zero-order valence-corrected chi connectivity index (χ0v) is 15.3. The minimum absolute atomic E-state index is 0.299. The lowest BCUT2D eigenvalue weighted by atomic mass is 9.92. The third-order valence-corrected chi connectivity index (χ3v) is 4.48. The van der Waals surface area contributed by atoms with E-state index in [1.54, 1.807) is 0 Å². The van der Waals surface area contributed by atoms with Crippen molar-refractivity contribution in [3.8, 4) is 0 Å². The van der Waals surface area contributed by atoms with Crippen molar-refractivity contribution in [3.63, 3.8) is 0 Å². The first-order valence-corrected chi connectivity index (χ1v) is 9.01. The Morgan fingerprint density at radius 3 is 2.64 bits per heavy atom. The molecule has 0 amide bonds. The van der Waals surface area contributed by atoms with Crippen molar-refractivity contribution in [3.05, 3.63) is 59.3 Å². The zero-order chi connectivity index (χ0) is 17.8. The molecular weight excluding hydrogens is 332 g/mol. The van der Waals surface area contributed by atoms with Gasteiger partial charge in [-0.3, -0.25) is 0 Å². The molecule has 0 unspecified atom stereocenters. The van der Waals surface area contributed by atoms with Gasteiger partial charge in [0.15, 0.2) is 5.11 Å². The maximum absolute atomic E-state index is 12.6. The summed E-state index contributed by atoms with van der Waals surface area (Å²) >= 11 is 5.37. The summed E-state index contributed by atoms with van der Waals surface area (Å²) < 4.78 is 5.31. The molecule has 5 heteroatoms. The van der Waals surface area contributed by atoms with Crippen molar-refractivity contribution < 1.29 is 9.53 Å². The summed E-state index contributed by atoms with van der Waals surface area (Å²) in [6, 6.07) is 14.1. The number of hydrogen-bond donors (Lipinski definition) is 2. The molecule has 0 aromatic heterocycles. The second-order valence-corrected chi connectivity index (χ2v) is 6.41. The highest BCUT2D eigenvalue weighted by molar-refractivity contribution is 7.80. The highest BCUT2D eigenvalue weighted by atomic mass is 32.1. The smallest absolute Gasteiger partial charge is 0.338 e. The molecule has 1 heterocycles. The minimum atomic E-state index is -0.307. The van der Waals surface area contributed by atoms with Crippen molar-refractivity contribution in [2.75, 3.05) is 6.61 Å². The van der Waals surface area contributed by atoms with Crippen LogP contribution >= 0.6 is 12.2 Å². The van der Waals surface area contributed by atoms with E-state index in [2.05, 4.69) is 41.8 Å². The normalized spacial score (nSPS) is 17.2. The molecule has 25 heavy (non-hydrogen) atoms. The topological polar surface area (TPSA) is 50.4 Å². The number of carbonyl (C=O) groups excluding carboxylic acids is 1. The van der Waals surface area contributed by atoms with Crippen LogP contribution in [0.15, 0.2) is 53.7 Å². The molecule has 2 aromatic carbocycles. The van der Waals surface area contributed by atoms with E-state index >= 15 is 0 Å². The van der Waals surface area contributed by atoms with Crippen molar-refractivity contribution in [1.82, 2.24) is 10.6 Å². The Morgan fingerprint density at radius 1 is 1.16 bits per heavy atom. The first-order valence-electron chi connectivity index (χ1n) is 8.60. The highest BCUT2D eigenvalue weighted by Gasteiger charge is 2.32. The van der Waals surface area contributed by atoms with Crippen LogP contribution in [-0.4, -0.2) is 17.7 Å². The molecule has 1 aliphatic heterocycles. The van der Waals surface area contributed by atoms with Gasteiger partial charge >= 0.3 is 5.97 Å². The molecule has 0 bridgehead atoms. The lowest BCUT2D eigenvalue weighted by Crippen LogP contribution is -2.45. The van der Waals surface area contributed by atoms with Crippen molar-refractivity contribution in [2.24, 2.45) is 0 Å². The Bertz CT molecular complexity index is 844. The van der Waals surface area contributed by atoms with Gasteiger partial charge in [0.25, 0.3) is 0 Å².